The summed E-state index contributed by atoms with van der Waals surface area (Å²) in [6, 6.07) is 0. The number of thioether (sulfide) groups is 1. The topological polar surface area (TPSA) is 49.3 Å². The van der Waals surface area contributed by atoms with Gasteiger partial charge < -0.3 is 10.4 Å². The lowest BCUT2D eigenvalue weighted by Gasteiger charge is -2.13. The molecule has 0 aliphatic heterocycles. The van der Waals surface area contributed by atoms with Gasteiger partial charge in [-0.25, -0.2) is 0 Å². The van der Waals surface area contributed by atoms with Crippen LogP contribution >= 0.6 is 11.8 Å². The first-order chi connectivity index (χ1) is 6.11. The Morgan fingerprint density at radius 1 is 1.54 bits per heavy atom. The van der Waals surface area contributed by atoms with Crippen molar-refractivity contribution in [1.82, 2.24) is 5.32 Å². The van der Waals surface area contributed by atoms with E-state index in [-0.39, 0.29) is 23.7 Å². The second-order valence-electron chi connectivity index (χ2n) is 3.16. The van der Waals surface area contributed by atoms with Gasteiger partial charge >= 0.3 is 0 Å². The Balaban J connectivity index is 3.60. The molecule has 0 aromatic carbocycles. The van der Waals surface area contributed by atoms with E-state index in [9.17, 15) is 4.79 Å². The summed E-state index contributed by atoms with van der Waals surface area (Å²) >= 11 is 1.59. The van der Waals surface area contributed by atoms with Crippen molar-refractivity contribution in [3.05, 3.63) is 0 Å². The number of nitrogens with one attached hydrogen (secondary N) is 1. The van der Waals surface area contributed by atoms with Crippen LogP contribution in [-0.4, -0.2) is 35.2 Å². The largest absolute Gasteiger partial charge is 0.396 e. The highest BCUT2D eigenvalue weighted by atomic mass is 32.2. The van der Waals surface area contributed by atoms with Gasteiger partial charge in [0.25, 0.3) is 0 Å². The van der Waals surface area contributed by atoms with Crippen molar-refractivity contribution in [2.75, 3.05) is 18.9 Å². The van der Waals surface area contributed by atoms with Gasteiger partial charge in [-0.05, 0) is 25.5 Å². The quantitative estimate of drug-likeness (QED) is 0.676. The SMILES string of the molecule is CCNC(=O)C(C)SCC(C)CO. The fourth-order valence-corrected chi connectivity index (χ4v) is 1.71. The zero-order chi connectivity index (χ0) is 10.3. The maximum Gasteiger partial charge on any atom is 0.232 e. The highest BCUT2D eigenvalue weighted by molar-refractivity contribution is 8.00. The molecular formula is C9H19NO2S. The molecule has 0 saturated carbocycles. The van der Waals surface area contributed by atoms with Gasteiger partial charge in [0, 0.05) is 13.2 Å². The van der Waals surface area contributed by atoms with Crippen molar-refractivity contribution in [2.45, 2.75) is 26.0 Å². The van der Waals surface area contributed by atoms with Crippen LogP contribution in [0.25, 0.3) is 0 Å². The minimum atomic E-state index is -0.0195. The Hall–Kier alpha value is -0.220. The van der Waals surface area contributed by atoms with E-state index in [4.69, 9.17) is 5.11 Å². The average Bonchev–Trinajstić information content (AvgIpc) is 2.13. The number of carbonyl (C=O) groups is 1. The second-order valence-corrected chi connectivity index (χ2v) is 4.53. The lowest BCUT2D eigenvalue weighted by molar-refractivity contribution is -0.120. The van der Waals surface area contributed by atoms with Gasteiger partial charge in [0.15, 0.2) is 0 Å². The fraction of sp³-hybridized carbons (Fsp3) is 0.889. The third-order valence-electron chi connectivity index (χ3n) is 1.66. The summed E-state index contributed by atoms with van der Waals surface area (Å²) in [7, 11) is 0. The molecule has 4 heteroatoms. The molecule has 1 amide bonds. The van der Waals surface area contributed by atoms with Crippen molar-refractivity contribution >= 4 is 17.7 Å². The molecule has 0 saturated heterocycles. The molecule has 0 rings (SSSR count). The molecular weight excluding hydrogens is 186 g/mol. The zero-order valence-electron chi connectivity index (χ0n) is 8.54. The summed E-state index contributed by atoms with van der Waals surface area (Å²) in [5.41, 5.74) is 0. The highest BCUT2D eigenvalue weighted by Gasteiger charge is 2.13. The standard InChI is InChI=1S/C9H19NO2S/c1-4-10-9(12)8(3)13-6-7(2)5-11/h7-8,11H,4-6H2,1-3H3,(H,10,12). The maximum atomic E-state index is 11.2. The van der Waals surface area contributed by atoms with Gasteiger partial charge in [0.1, 0.15) is 0 Å². The predicted octanol–water partition coefficient (Wildman–Crippen LogP) is 0.873. The van der Waals surface area contributed by atoms with Crippen molar-refractivity contribution in [2.24, 2.45) is 5.92 Å². The first-order valence-corrected chi connectivity index (χ1v) is 5.66. The Bertz CT molecular complexity index is 153. The van der Waals surface area contributed by atoms with Crippen molar-refractivity contribution in [3.8, 4) is 0 Å². The number of hydrogen-bond acceptors (Lipinski definition) is 3. The van der Waals surface area contributed by atoms with Gasteiger partial charge in [0.2, 0.25) is 5.91 Å². The summed E-state index contributed by atoms with van der Waals surface area (Å²) in [5, 5.41) is 11.5. The first-order valence-electron chi connectivity index (χ1n) is 4.62. The molecule has 0 aliphatic rings. The molecule has 0 heterocycles. The Kier molecular flexibility index (Phi) is 7.09. The summed E-state index contributed by atoms with van der Waals surface area (Å²) in [6.07, 6.45) is 0. The Labute approximate surface area is 84.3 Å². The van der Waals surface area contributed by atoms with Crippen LogP contribution in [0.3, 0.4) is 0 Å². The molecule has 2 unspecified atom stereocenters. The maximum absolute atomic E-state index is 11.2. The molecule has 0 aromatic heterocycles. The lowest BCUT2D eigenvalue weighted by Crippen LogP contribution is -2.31. The molecule has 2 atom stereocenters. The molecule has 0 spiro atoms. The van der Waals surface area contributed by atoms with Crippen LogP contribution in [-0.2, 0) is 4.79 Å². The smallest absolute Gasteiger partial charge is 0.232 e. The van der Waals surface area contributed by atoms with E-state index >= 15 is 0 Å². The van der Waals surface area contributed by atoms with E-state index in [0.717, 1.165) is 5.75 Å². The number of rotatable bonds is 6. The van der Waals surface area contributed by atoms with Crippen molar-refractivity contribution in [1.29, 1.82) is 0 Å². The summed E-state index contributed by atoms with van der Waals surface area (Å²) in [6.45, 7) is 6.64. The minimum Gasteiger partial charge on any atom is -0.396 e. The van der Waals surface area contributed by atoms with E-state index in [1.165, 1.54) is 0 Å². The summed E-state index contributed by atoms with van der Waals surface area (Å²) in [4.78, 5) is 11.2. The number of hydrogen-bond donors (Lipinski definition) is 2. The van der Waals surface area contributed by atoms with Crippen molar-refractivity contribution in [3.63, 3.8) is 0 Å². The van der Waals surface area contributed by atoms with Gasteiger partial charge in [-0.15, -0.1) is 11.8 Å². The molecule has 78 valence electrons. The predicted molar refractivity (Wildman–Crippen MR) is 56.9 cm³/mol. The van der Waals surface area contributed by atoms with Crippen LogP contribution in [0.15, 0.2) is 0 Å². The van der Waals surface area contributed by atoms with E-state index in [2.05, 4.69) is 5.32 Å². The Morgan fingerprint density at radius 2 is 2.15 bits per heavy atom. The van der Waals surface area contributed by atoms with Gasteiger partial charge in [-0.3, -0.25) is 4.79 Å². The average molecular weight is 205 g/mol. The zero-order valence-corrected chi connectivity index (χ0v) is 9.36. The minimum absolute atomic E-state index is 0.0195. The van der Waals surface area contributed by atoms with Crippen LogP contribution in [0.4, 0.5) is 0 Å². The van der Waals surface area contributed by atoms with Crippen LogP contribution in [0.5, 0.6) is 0 Å². The molecule has 0 fully saturated rings. The number of amides is 1. The number of aliphatic hydroxyl groups is 1. The normalized spacial score (nSPS) is 15.1. The van der Waals surface area contributed by atoms with Gasteiger partial charge in [-0.2, -0.15) is 0 Å². The van der Waals surface area contributed by atoms with Crippen LogP contribution in [0.2, 0.25) is 0 Å². The fourth-order valence-electron chi connectivity index (χ4n) is 0.755. The molecule has 0 radical (unpaired) electrons. The third-order valence-corrected chi connectivity index (χ3v) is 3.14. The number of carbonyl (C=O) groups excluding carboxylic acids is 1. The van der Waals surface area contributed by atoms with E-state index in [0.29, 0.717) is 6.54 Å². The summed E-state index contributed by atoms with van der Waals surface area (Å²) in [5.74, 6) is 1.17. The van der Waals surface area contributed by atoms with Gasteiger partial charge in [0.05, 0.1) is 5.25 Å². The molecule has 13 heavy (non-hydrogen) atoms. The Morgan fingerprint density at radius 3 is 2.62 bits per heavy atom. The molecule has 2 N–H and O–H groups in total. The van der Waals surface area contributed by atoms with Crippen LogP contribution < -0.4 is 5.32 Å². The van der Waals surface area contributed by atoms with E-state index in [1.807, 2.05) is 20.8 Å². The summed E-state index contributed by atoms with van der Waals surface area (Å²) < 4.78 is 0. The van der Waals surface area contributed by atoms with Crippen LogP contribution in [0.1, 0.15) is 20.8 Å². The van der Waals surface area contributed by atoms with Crippen molar-refractivity contribution < 1.29 is 9.90 Å². The monoisotopic (exact) mass is 205 g/mol. The van der Waals surface area contributed by atoms with Gasteiger partial charge in [-0.1, -0.05) is 6.92 Å². The molecule has 3 nitrogen and oxygen atoms in total. The lowest BCUT2D eigenvalue weighted by atomic mass is 10.2. The second kappa shape index (κ2) is 7.21. The van der Waals surface area contributed by atoms with E-state index in [1.54, 1.807) is 11.8 Å². The highest BCUT2D eigenvalue weighted by Crippen LogP contribution is 2.14. The number of aliphatic hydroxyl groups excluding tert-OH is 1. The third kappa shape index (κ3) is 5.93. The molecule has 0 aliphatic carbocycles. The first kappa shape index (κ1) is 12.8. The molecule has 0 bridgehead atoms. The van der Waals surface area contributed by atoms with Crippen LogP contribution in [0, 0.1) is 5.92 Å². The van der Waals surface area contributed by atoms with E-state index < -0.39 is 0 Å². The molecule has 0 aromatic rings.